The maximum Gasteiger partial charge on any atom is 0.201 e. The zero-order valence-corrected chi connectivity index (χ0v) is 10.3. The van der Waals surface area contributed by atoms with Crippen LogP contribution in [0.3, 0.4) is 0 Å². The minimum Gasteiger partial charge on any atom is -0.482 e. The Bertz CT molecular complexity index is 619. The third kappa shape index (κ3) is 3.07. The maximum atomic E-state index is 13.5. The fourth-order valence-corrected chi connectivity index (χ4v) is 1.60. The van der Waals surface area contributed by atoms with Gasteiger partial charge in [-0.25, -0.2) is 4.39 Å². The van der Waals surface area contributed by atoms with Gasteiger partial charge in [-0.3, -0.25) is 9.59 Å². The first-order chi connectivity index (χ1) is 9.10. The second-order valence-corrected chi connectivity index (χ2v) is 4.09. The molecule has 0 aliphatic heterocycles. The second-order valence-electron chi connectivity index (χ2n) is 4.09. The normalized spacial score (nSPS) is 10.2. The fourth-order valence-electron chi connectivity index (χ4n) is 1.60. The number of hydrogen-bond acceptors (Lipinski definition) is 3. The molecule has 0 atom stereocenters. The minimum atomic E-state index is -0.662. The van der Waals surface area contributed by atoms with E-state index in [1.807, 2.05) is 0 Å². The van der Waals surface area contributed by atoms with Crippen LogP contribution in [0.4, 0.5) is 4.39 Å². The van der Waals surface area contributed by atoms with E-state index in [2.05, 4.69) is 0 Å². The lowest BCUT2D eigenvalue weighted by atomic mass is 10.2. The highest BCUT2D eigenvalue weighted by molar-refractivity contribution is 5.97. The van der Waals surface area contributed by atoms with E-state index in [0.717, 1.165) is 6.07 Å². The van der Waals surface area contributed by atoms with Gasteiger partial charge in [-0.05, 0) is 24.3 Å². The Morgan fingerprint density at radius 2 is 2.21 bits per heavy atom. The Balaban J connectivity index is 2.02. The van der Waals surface area contributed by atoms with Crippen molar-refractivity contribution in [2.75, 3.05) is 6.61 Å². The van der Waals surface area contributed by atoms with Gasteiger partial charge in [0.15, 0.2) is 18.2 Å². The zero-order valence-electron chi connectivity index (χ0n) is 10.3. The van der Waals surface area contributed by atoms with Crippen molar-refractivity contribution in [1.29, 1.82) is 0 Å². The topological polar surface area (TPSA) is 48.3 Å². The quantitative estimate of drug-likeness (QED) is 0.612. The predicted octanol–water partition coefficient (Wildman–Crippen LogP) is 2.24. The third-order valence-electron chi connectivity index (χ3n) is 2.60. The van der Waals surface area contributed by atoms with Crippen LogP contribution in [0.15, 0.2) is 36.7 Å². The van der Waals surface area contributed by atoms with Crippen LogP contribution in [0.5, 0.6) is 5.75 Å². The van der Waals surface area contributed by atoms with Crippen LogP contribution < -0.4 is 4.74 Å². The van der Waals surface area contributed by atoms with Gasteiger partial charge in [-0.2, -0.15) is 0 Å². The van der Waals surface area contributed by atoms with E-state index in [4.69, 9.17) is 4.74 Å². The largest absolute Gasteiger partial charge is 0.482 e. The number of ketones is 1. The van der Waals surface area contributed by atoms with E-state index >= 15 is 0 Å². The number of halogens is 1. The first-order valence-corrected chi connectivity index (χ1v) is 5.63. The number of ether oxygens (including phenoxy) is 1. The summed E-state index contributed by atoms with van der Waals surface area (Å²) >= 11 is 0. The van der Waals surface area contributed by atoms with Crippen molar-refractivity contribution < 1.29 is 18.7 Å². The van der Waals surface area contributed by atoms with Gasteiger partial charge in [0.2, 0.25) is 5.78 Å². The number of hydrogen-bond donors (Lipinski definition) is 0. The van der Waals surface area contributed by atoms with Crippen LogP contribution in [0.2, 0.25) is 0 Å². The molecule has 98 valence electrons. The van der Waals surface area contributed by atoms with Gasteiger partial charge in [-0.15, -0.1) is 0 Å². The van der Waals surface area contributed by atoms with E-state index in [1.54, 1.807) is 30.1 Å². The number of carbonyl (C=O) groups excluding carboxylic acids is 2. The lowest BCUT2D eigenvalue weighted by Gasteiger charge is -2.06. The zero-order chi connectivity index (χ0) is 13.8. The Morgan fingerprint density at radius 1 is 1.42 bits per heavy atom. The molecule has 1 aromatic heterocycles. The molecule has 0 saturated carbocycles. The summed E-state index contributed by atoms with van der Waals surface area (Å²) in [5.41, 5.74) is 0.728. The molecule has 0 aliphatic rings. The van der Waals surface area contributed by atoms with Crippen LogP contribution in [-0.4, -0.2) is 23.2 Å². The molecule has 5 heteroatoms. The molecule has 0 radical (unpaired) electrons. The summed E-state index contributed by atoms with van der Waals surface area (Å²) in [6, 6.07) is 5.49. The van der Waals surface area contributed by atoms with Crippen LogP contribution in [0, 0.1) is 5.82 Å². The molecule has 1 heterocycles. The Hall–Kier alpha value is -2.43. The Labute approximate surface area is 109 Å². The van der Waals surface area contributed by atoms with Gasteiger partial charge >= 0.3 is 0 Å². The van der Waals surface area contributed by atoms with Crippen molar-refractivity contribution >= 4 is 12.1 Å². The van der Waals surface area contributed by atoms with Crippen LogP contribution >= 0.6 is 0 Å². The number of nitrogens with zero attached hydrogens (tertiary/aromatic N) is 1. The molecule has 0 N–H and O–H groups in total. The maximum absolute atomic E-state index is 13.5. The summed E-state index contributed by atoms with van der Waals surface area (Å²) in [5, 5.41) is 0. The summed E-state index contributed by atoms with van der Waals surface area (Å²) in [5.74, 6) is -0.945. The van der Waals surface area contributed by atoms with Gasteiger partial charge < -0.3 is 9.30 Å². The number of aromatic nitrogens is 1. The van der Waals surface area contributed by atoms with Gasteiger partial charge in [0.25, 0.3) is 0 Å². The highest BCUT2D eigenvalue weighted by atomic mass is 19.1. The van der Waals surface area contributed by atoms with Crippen molar-refractivity contribution in [1.82, 2.24) is 4.57 Å². The molecule has 0 amide bonds. The van der Waals surface area contributed by atoms with E-state index in [9.17, 15) is 14.0 Å². The fraction of sp³-hybridized carbons (Fsp3) is 0.143. The minimum absolute atomic E-state index is 0.0464. The van der Waals surface area contributed by atoms with Crippen molar-refractivity contribution in [2.45, 2.75) is 0 Å². The highest BCUT2D eigenvalue weighted by Gasteiger charge is 2.10. The third-order valence-corrected chi connectivity index (χ3v) is 2.60. The summed E-state index contributed by atoms with van der Waals surface area (Å²) in [7, 11) is 1.80. The SMILES string of the molecule is Cn1ccc(C(=O)COc2ccc(C=O)cc2F)c1. The lowest BCUT2D eigenvalue weighted by Crippen LogP contribution is -2.11. The summed E-state index contributed by atoms with van der Waals surface area (Å²) in [6.45, 7) is -0.249. The van der Waals surface area contributed by atoms with Gasteiger partial charge in [0.1, 0.15) is 6.29 Å². The van der Waals surface area contributed by atoms with E-state index < -0.39 is 5.82 Å². The highest BCUT2D eigenvalue weighted by Crippen LogP contribution is 2.18. The number of aldehydes is 1. The van der Waals surface area contributed by atoms with Crippen LogP contribution in [0.25, 0.3) is 0 Å². The van der Waals surface area contributed by atoms with Crippen molar-refractivity contribution in [3.05, 3.63) is 53.6 Å². The van der Waals surface area contributed by atoms with E-state index in [0.29, 0.717) is 11.8 Å². The molecule has 19 heavy (non-hydrogen) atoms. The first-order valence-electron chi connectivity index (χ1n) is 5.63. The van der Waals surface area contributed by atoms with Crippen LogP contribution in [0.1, 0.15) is 20.7 Å². The van der Waals surface area contributed by atoms with Crippen LogP contribution in [-0.2, 0) is 7.05 Å². The summed E-state index contributed by atoms with van der Waals surface area (Å²) in [4.78, 5) is 22.2. The second kappa shape index (κ2) is 5.48. The van der Waals surface area contributed by atoms with Crippen molar-refractivity contribution in [3.63, 3.8) is 0 Å². The van der Waals surface area contributed by atoms with Crippen molar-refractivity contribution in [2.24, 2.45) is 7.05 Å². The molecule has 0 fully saturated rings. The molecule has 0 saturated heterocycles. The molecule has 0 bridgehead atoms. The number of carbonyl (C=O) groups is 2. The van der Waals surface area contributed by atoms with Gasteiger partial charge in [0, 0.05) is 30.6 Å². The molecule has 1 aromatic carbocycles. The van der Waals surface area contributed by atoms with Crippen molar-refractivity contribution in [3.8, 4) is 5.75 Å². The predicted molar refractivity (Wildman–Crippen MR) is 67.0 cm³/mol. The molecule has 4 nitrogen and oxygen atoms in total. The number of Topliss-reactive ketones (excluding diaryl/α,β-unsaturated/α-hetero) is 1. The first kappa shape index (κ1) is 13.0. The van der Waals surface area contributed by atoms with E-state index in [1.165, 1.54) is 12.1 Å². The number of benzene rings is 1. The Kier molecular flexibility index (Phi) is 3.75. The lowest BCUT2D eigenvalue weighted by molar-refractivity contribution is 0.0918. The Morgan fingerprint density at radius 3 is 2.79 bits per heavy atom. The molecule has 0 unspecified atom stereocenters. The molecule has 2 aromatic rings. The number of aryl methyl sites for hydroxylation is 1. The molecular formula is C14H12FNO3. The molecular weight excluding hydrogens is 249 g/mol. The average molecular weight is 261 g/mol. The average Bonchev–Trinajstić information content (AvgIpc) is 2.83. The van der Waals surface area contributed by atoms with Gasteiger partial charge in [-0.1, -0.05) is 0 Å². The standard InChI is InChI=1S/C14H12FNO3/c1-16-5-4-11(7-16)13(18)9-19-14-3-2-10(8-17)6-12(14)15/h2-8H,9H2,1H3. The van der Waals surface area contributed by atoms with E-state index in [-0.39, 0.29) is 23.7 Å². The summed E-state index contributed by atoms with van der Waals surface area (Å²) in [6.07, 6.45) is 3.95. The molecule has 2 rings (SSSR count). The summed E-state index contributed by atoms with van der Waals surface area (Å²) < 4.78 is 20.3. The number of rotatable bonds is 5. The van der Waals surface area contributed by atoms with Gasteiger partial charge in [0.05, 0.1) is 0 Å². The smallest absolute Gasteiger partial charge is 0.201 e. The monoisotopic (exact) mass is 261 g/mol. The molecule has 0 spiro atoms. The molecule has 0 aliphatic carbocycles.